The van der Waals surface area contributed by atoms with Crippen LogP contribution in [0.3, 0.4) is 0 Å². The van der Waals surface area contributed by atoms with Crippen molar-refractivity contribution in [3.8, 4) is 0 Å². The SMILES string of the molecule is CC1CCCC1C(=O)NCCCCCCCl. The molecule has 1 saturated carbocycles. The number of carbonyl (C=O) groups is 1. The predicted octanol–water partition coefficient (Wildman–Crippen LogP) is 3.34. The Kier molecular flexibility index (Phi) is 6.86. The summed E-state index contributed by atoms with van der Waals surface area (Å²) in [5.41, 5.74) is 0. The third-order valence-corrected chi connectivity index (χ3v) is 3.83. The van der Waals surface area contributed by atoms with E-state index in [4.69, 9.17) is 11.6 Å². The lowest BCUT2D eigenvalue weighted by Gasteiger charge is -2.14. The average molecular weight is 246 g/mol. The second-order valence-electron chi connectivity index (χ2n) is 4.91. The Bertz CT molecular complexity index is 208. The van der Waals surface area contributed by atoms with Gasteiger partial charge in [-0.25, -0.2) is 0 Å². The first kappa shape index (κ1) is 13.8. The summed E-state index contributed by atoms with van der Waals surface area (Å²) in [6.07, 6.45) is 8.05. The first-order valence-corrected chi connectivity index (χ1v) is 7.13. The second kappa shape index (κ2) is 7.94. The highest BCUT2D eigenvalue weighted by Gasteiger charge is 2.29. The average Bonchev–Trinajstić information content (AvgIpc) is 2.69. The second-order valence-corrected chi connectivity index (χ2v) is 5.29. The minimum absolute atomic E-state index is 0.280. The van der Waals surface area contributed by atoms with Crippen molar-refractivity contribution in [2.24, 2.45) is 11.8 Å². The van der Waals surface area contributed by atoms with Gasteiger partial charge in [0.2, 0.25) is 5.91 Å². The lowest BCUT2D eigenvalue weighted by Crippen LogP contribution is -2.32. The largest absolute Gasteiger partial charge is 0.356 e. The van der Waals surface area contributed by atoms with Gasteiger partial charge in [-0.3, -0.25) is 4.79 Å². The van der Waals surface area contributed by atoms with Crippen molar-refractivity contribution in [1.29, 1.82) is 0 Å². The molecule has 1 aliphatic carbocycles. The van der Waals surface area contributed by atoms with E-state index in [0.717, 1.165) is 31.7 Å². The van der Waals surface area contributed by atoms with Crippen LogP contribution in [-0.2, 0) is 4.79 Å². The van der Waals surface area contributed by atoms with Gasteiger partial charge < -0.3 is 5.32 Å². The third kappa shape index (κ3) is 4.73. The summed E-state index contributed by atoms with van der Waals surface area (Å²) in [4.78, 5) is 11.8. The zero-order chi connectivity index (χ0) is 11.8. The summed E-state index contributed by atoms with van der Waals surface area (Å²) in [7, 11) is 0. The summed E-state index contributed by atoms with van der Waals surface area (Å²) in [5, 5.41) is 3.06. The molecule has 1 amide bonds. The smallest absolute Gasteiger partial charge is 0.223 e. The minimum atomic E-state index is 0.280. The molecule has 1 aliphatic rings. The quantitative estimate of drug-likeness (QED) is 0.541. The highest BCUT2D eigenvalue weighted by molar-refractivity contribution is 6.17. The van der Waals surface area contributed by atoms with E-state index in [0.29, 0.717) is 5.92 Å². The number of nitrogens with one attached hydrogen (secondary N) is 1. The number of unbranched alkanes of at least 4 members (excludes halogenated alkanes) is 3. The lowest BCUT2D eigenvalue weighted by molar-refractivity contribution is -0.125. The summed E-state index contributed by atoms with van der Waals surface area (Å²) in [6.45, 7) is 3.03. The number of amides is 1. The molecule has 0 heterocycles. The molecule has 94 valence electrons. The Morgan fingerprint density at radius 3 is 2.62 bits per heavy atom. The fraction of sp³-hybridized carbons (Fsp3) is 0.923. The number of hydrogen-bond acceptors (Lipinski definition) is 1. The third-order valence-electron chi connectivity index (χ3n) is 3.56. The van der Waals surface area contributed by atoms with Crippen molar-refractivity contribution in [3.63, 3.8) is 0 Å². The van der Waals surface area contributed by atoms with Crippen molar-refractivity contribution in [1.82, 2.24) is 5.32 Å². The molecule has 2 atom stereocenters. The van der Waals surface area contributed by atoms with E-state index in [-0.39, 0.29) is 11.8 Å². The van der Waals surface area contributed by atoms with Crippen molar-refractivity contribution >= 4 is 17.5 Å². The molecule has 2 nitrogen and oxygen atoms in total. The molecule has 16 heavy (non-hydrogen) atoms. The zero-order valence-electron chi connectivity index (χ0n) is 10.3. The van der Waals surface area contributed by atoms with Crippen molar-refractivity contribution < 1.29 is 4.79 Å². The molecule has 1 N–H and O–H groups in total. The summed E-state index contributed by atoms with van der Waals surface area (Å²) < 4.78 is 0. The fourth-order valence-corrected chi connectivity index (χ4v) is 2.64. The molecular formula is C13H24ClNO. The molecule has 0 bridgehead atoms. The maximum absolute atomic E-state index is 11.8. The lowest BCUT2D eigenvalue weighted by atomic mass is 9.97. The van der Waals surface area contributed by atoms with Crippen LogP contribution in [0.15, 0.2) is 0 Å². The molecular weight excluding hydrogens is 222 g/mol. The number of carbonyl (C=O) groups excluding carboxylic acids is 1. The van der Waals surface area contributed by atoms with Crippen LogP contribution in [0.4, 0.5) is 0 Å². The summed E-state index contributed by atoms with van der Waals surface area (Å²) >= 11 is 5.60. The summed E-state index contributed by atoms with van der Waals surface area (Å²) in [6, 6.07) is 0. The number of hydrogen-bond donors (Lipinski definition) is 1. The molecule has 0 saturated heterocycles. The van der Waals surface area contributed by atoms with Crippen molar-refractivity contribution in [2.45, 2.75) is 51.9 Å². The number of rotatable bonds is 7. The van der Waals surface area contributed by atoms with E-state index >= 15 is 0 Å². The monoisotopic (exact) mass is 245 g/mol. The van der Waals surface area contributed by atoms with E-state index in [1.54, 1.807) is 0 Å². The Balaban J connectivity index is 2.02. The molecule has 0 radical (unpaired) electrons. The van der Waals surface area contributed by atoms with E-state index in [9.17, 15) is 4.79 Å². The van der Waals surface area contributed by atoms with Gasteiger partial charge in [0.1, 0.15) is 0 Å². The molecule has 3 heteroatoms. The van der Waals surface area contributed by atoms with Gasteiger partial charge in [-0.2, -0.15) is 0 Å². The number of halogens is 1. The standard InChI is InChI=1S/C13H24ClNO/c1-11-7-6-8-12(11)13(16)15-10-5-3-2-4-9-14/h11-12H,2-10H2,1H3,(H,15,16). The van der Waals surface area contributed by atoms with E-state index in [1.807, 2.05) is 0 Å². The predicted molar refractivity (Wildman–Crippen MR) is 68.7 cm³/mol. The van der Waals surface area contributed by atoms with Gasteiger partial charge >= 0.3 is 0 Å². The molecule has 1 rings (SSSR count). The van der Waals surface area contributed by atoms with Crippen LogP contribution in [0.5, 0.6) is 0 Å². The van der Waals surface area contributed by atoms with Gasteiger partial charge in [0, 0.05) is 18.3 Å². The van der Waals surface area contributed by atoms with Crippen LogP contribution in [0.1, 0.15) is 51.9 Å². The molecule has 0 aromatic carbocycles. The van der Waals surface area contributed by atoms with Crippen LogP contribution >= 0.6 is 11.6 Å². The van der Waals surface area contributed by atoms with E-state index in [1.165, 1.54) is 25.7 Å². The minimum Gasteiger partial charge on any atom is -0.356 e. The molecule has 2 unspecified atom stereocenters. The van der Waals surface area contributed by atoms with Gasteiger partial charge in [0.15, 0.2) is 0 Å². The van der Waals surface area contributed by atoms with Crippen LogP contribution in [0, 0.1) is 11.8 Å². The fourth-order valence-electron chi connectivity index (χ4n) is 2.45. The highest BCUT2D eigenvalue weighted by Crippen LogP contribution is 2.31. The Morgan fingerprint density at radius 2 is 2.00 bits per heavy atom. The van der Waals surface area contributed by atoms with Gasteiger partial charge in [0.25, 0.3) is 0 Å². The highest BCUT2D eigenvalue weighted by atomic mass is 35.5. The molecule has 0 aromatic heterocycles. The van der Waals surface area contributed by atoms with Gasteiger partial charge in [0.05, 0.1) is 0 Å². The summed E-state index contributed by atoms with van der Waals surface area (Å²) in [5.74, 6) is 1.90. The first-order valence-electron chi connectivity index (χ1n) is 6.59. The normalized spacial score (nSPS) is 24.6. The molecule has 1 fully saturated rings. The van der Waals surface area contributed by atoms with Crippen molar-refractivity contribution in [3.05, 3.63) is 0 Å². The van der Waals surface area contributed by atoms with Crippen LogP contribution in [0.2, 0.25) is 0 Å². The maximum Gasteiger partial charge on any atom is 0.223 e. The Hall–Kier alpha value is -0.240. The van der Waals surface area contributed by atoms with Gasteiger partial charge in [-0.05, 0) is 31.6 Å². The van der Waals surface area contributed by atoms with Gasteiger partial charge in [-0.1, -0.05) is 26.2 Å². The maximum atomic E-state index is 11.8. The van der Waals surface area contributed by atoms with Crippen LogP contribution in [-0.4, -0.2) is 18.3 Å². The van der Waals surface area contributed by atoms with Crippen molar-refractivity contribution in [2.75, 3.05) is 12.4 Å². The van der Waals surface area contributed by atoms with Crippen LogP contribution in [0.25, 0.3) is 0 Å². The number of alkyl halides is 1. The van der Waals surface area contributed by atoms with E-state index in [2.05, 4.69) is 12.2 Å². The van der Waals surface area contributed by atoms with Crippen LogP contribution < -0.4 is 5.32 Å². The zero-order valence-corrected chi connectivity index (χ0v) is 11.1. The first-order chi connectivity index (χ1) is 7.75. The van der Waals surface area contributed by atoms with Gasteiger partial charge in [-0.15, -0.1) is 11.6 Å². The van der Waals surface area contributed by atoms with E-state index < -0.39 is 0 Å². The topological polar surface area (TPSA) is 29.1 Å². The Labute approximate surface area is 104 Å². The molecule has 0 aliphatic heterocycles. The molecule has 0 aromatic rings. The Morgan fingerprint density at radius 1 is 1.25 bits per heavy atom. The molecule has 0 spiro atoms.